The Hall–Kier alpha value is -1.20. The Labute approximate surface area is 123 Å². The summed E-state index contributed by atoms with van der Waals surface area (Å²) in [4.78, 5) is 10.6. The molecule has 108 valence electrons. The van der Waals surface area contributed by atoms with Gasteiger partial charge in [-0.25, -0.2) is 9.97 Å². The monoisotopic (exact) mass is 291 g/mol. The maximum atomic E-state index is 5.92. The van der Waals surface area contributed by atoms with Crippen LogP contribution in [-0.4, -0.2) is 24.1 Å². The summed E-state index contributed by atoms with van der Waals surface area (Å²) in [6.45, 7) is 0. The van der Waals surface area contributed by atoms with Crippen LogP contribution in [0.1, 0.15) is 44.3 Å². The number of nitrogens with one attached hydrogen (secondary N) is 1. The lowest BCUT2D eigenvalue weighted by Crippen LogP contribution is -2.30. The summed E-state index contributed by atoms with van der Waals surface area (Å²) in [6, 6.07) is 2.07. The van der Waals surface area contributed by atoms with Gasteiger partial charge in [0.05, 0.1) is 5.39 Å². The molecule has 0 aromatic carbocycles. The molecule has 0 bridgehead atoms. The first-order valence-corrected chi connectivity index (χ1v) is 8.16. The average Bonchev–Trinajstić information content (AvgIpc) is 2.82. The molecular formula is C15H21N3OS. The molecule has 2 heterocycles. The van der Waals surface area contributed by atoms with Crippen molar-refractivity contribution in [2.24, 2.45) is 0 Å². The van der Waals surface area contributed by atoms with Crippen LogP contribution in [-0.2, 0) is 10.3 Å². The first-order valence-electron chi connectivity index (χ1n) is 7.28. The van der Waals surface area contributed by atoms with E-state index in [1.165, 1.54) is 25.7 Å². The minimum Gasteiger partial charge on any atom is -0.372 e. The van der Waals surface area contributed by atoms with Gasteiger partial charge in [0.2, 0.25) is 0 Å². The third kappa shape index (κ3) is 2.29. The number of ether oxygens (including phenoxy) is 1. The topological polar surface area (TPSA) is 47.0 Å². The van der Waals surface area contributed by atoms with Crippen molar-refractivity contribution in [2.75, 3.05) is 19.5 Å². The maximum absolute atomic E-state index is 5.92. The van der Waals surface area contributed by atoms with E-state index in [1.807, 2.05) is 7.05 Å². The van der Waals surface area contributed by atoms with Gasteiger partial charge in [-0.1, -0.05) is 25.7 Å². The van der Waals surface area contributed by atoms with E-state index in [-0.39, 0.29) is 5.60 Å². The van der Waals surface area contributed by atoms with Gasteiger partial charge in [-0.3, -0.25) is 0 Å². The van der Waals surface area contributed by atoms with Crippen LogP contribution in [0.4, 0.5) is 5.82 Å². The molecule has 3 rings (SSSR count). The van der Waals surface area contributed by atoms with Crippen LogP contribution in [0.5, 0.6) is 0 Å². The van der Waals surface area contributed by atoms with E-state index in [0.29, 0.717) is 0 Å². The fourth-order valence-electron chi connectivity index (χ4n) is 3.07. The Morgan fingerprint density at radius 3 is 2.60 bits per heavy atom. The smallest absolute Gasteiger partial charge is 0.164 e. The van der Waals surface area contributed by atoms with Crippen LogP contribution in [0.2, 0.25) is 0 Å². The van der Waals surface area contributed by atoms with Gasteiger partial charge in [0.15, 0.2) is 5.82 Å². The molecule has 5 heteroatoms. The fourth-order valence-corrected chi connectivity index (χ4v) is 3.83. The molecule has 0 amide bonds. The van der Waals surface area contributed by atoms with Gasteiger partial charge in [0.1, 0.15) is 16.2 Å². The predicted molar refractivity (Wildman–Crippen MR) is 83.4 cm³/mol. The van der Waals surface area contributed by atoms with E-state index in [2.05, 4.69) is 16.8 Å². The molecule has 0 saturated heterocycles. The van der Waals surface area contributed by atoms with Crippen LogP contribution in [0.3, 0.4) is 0 Å². The highest BCUT2D eigenvalue weighted by Gasteiger charge is 2.36. The molecule has 2 aromatic heterocycles. The number of thiophene rings is 1. The zero-order chi connectivity index (χ0) is 14.0. The summed E-state index contributed by atoms with van der Waals surface area (Å²) in [5.74, 6) is 1.76. The Balaban J connectivity index is 2.10. The summed E-state index contributed by atoms with van der Waals surface area (Å²) < 4.78 is 5.92. The van der Waals surface area contributed by atoms with Gasteiger partial charge < -0.3 is 10.1 Å². The number of rotatable bonds is 3. The van der Waals surface area contributed by atoms with Crippen LogP contribution in [0.15, 0.2) is 11.4 Å². The van der Waals surface area contributed by atoms with Crippen LogP contribution in [0, 0.1) is 0 Å². The molecule has 1 fully saturated rings. The quantitative estimate of drug-likeness (QED) is 0.870. The largest absolute Gasteiger partial charge is 0.372 e. The SMILES string of the molecule is CNc1nc(C2(OC)CCCCCC2)nc2sccc12. The van der Waals surface area contributed by atoms with Gasteiger partial charge in [0.25, 0.3) is 0 Å². The molecule has 1 N–H and O–H groups in total. The lowest BCUT2D eigenvalue weighted by Gasteiger charge is -2.30. The van der Waals surface area contributed by atoms with Crippen molar-refractivity contribution >= 4 is 27.4 Å². The van der Waals surface area contributed by atoms with E-state index >= 15 is 0 Å². The van der Waals surface area contributed by atoms with Gasteiger partial charge >= 0.3 is 0 Å². The molecule has 2 aromatic rings. The Bertz CT molecular complexity index is 588. The summed E-state index contributed by atoms with van der Waals surface area (Å²) in [5, 5.41) is 6.36. The second-order valence-electron chi connectivity index (χ2n) is 5.40. The molecular weight excluding hydrogens is 270 g/mol. The zero-order valence-corrected chi connectivity index (χ0v) is 12.9. The summed E-state index contributed by atoms with van der Waals surface area (Å²) in [7, 11) is 3.71. The zero-order valence-electron chi connectivity index (χ0n) is 12.1. The van der Waals surface area contributed by atoms with Crippen molar-refractivity contribution in [1.29, 1.82) is 0 Å². The van der Waals surface area contributed by atoms with Crippen molar-refractivity contribution in [1.82, 2.24) is 9.97 Å². The Morgan fingerprint density at radius 1 is 1.20 bits per heavy atom. The molecule has 1 aliphatic carbocycles. The van der Waals surface area contributed by atoms with E-state index in [4.69, 9.17) is 14.7 Å². The summed E-state index contributed by atoms with van der Waals surface area (Å²) >= 11 is 1.66. The normalized spacial score (nSPS) is 18.9. The molecule has 0 unspecified atom stereocenters. The third-order valence-corrected chi connectivity index (χ3v) is 5.08. The Kier molecular flexibility index (Phi) is 3.89. The van der Waals surface area contributed by atoms with Crippen LogP contribution < -0.4 is 5.32 Å². The van der Waals surface area contributed by atoms with Crippen LogP contribution in [0.25, 0.3) is 10.2 Å². The molecule has 4 nitrogen and oxygen atoms in total. The van der Waals surface area contributed by atoms with Gasteiger partial charge in [0, 0.05) is 14.2 Å². The van der Waals surface area contributed by atoms with Gasteiger partial charge in [-0.05, 0) is 24.3 Å². The summed E-state index contributed by atoms with van der Waals surface area (Å²) in [5.41, 5.74) is -0.305. The van der Waals surface area contributed by atoms with Crippen molar-refractivity contribution < 1.29 is 4.74 Å². The fraction of sp³-hybridized carbons (Fsp3) is 0.600. The highest BCUT2D eigenvalue weighted by Crippen LogP contribution is 2.39. The number of anilines is 1. The second kappa shape index (κ2) is 5.66. The highest BCUT2D eigenvalue weighted by molar-refractivity contribution is 7.16. The van der Waals surface area contributed by atoms with Crippen molar-refractivity contribution in [2.45, 2.75) is 44.1 Å². The van der Waals surface area contributed by atoms with Crippen molar-refractivity contribution in [3.63, 3.8) is 0 Å². The standard InChI is InChI=1S/C15H21N3OS/c1-16-12-11-7-10-20-13(11)18-14(17-12)15(19-2)8-5-3-4-6-9-15/h7,10H,3-6,8-9H2,1-2H3,(H,16,17,18). The minimum atomic E-state index is -0.305. The average molecular weight is 291 g/mol. The van der Waals surface area contributed by atoms with Gasteiger partial charge in [-0.15, -0.1) is 11.3 Å². The number of nitrogens with zero attached hydrogens (tertiary/aromatic N) is 2. The number of hydrogen-bond acceptors (Lipinski definition) is 5. The minimum absolute atomic E-state index is 0.305. The van der Waals surface area contributed by atoms with E-state index in [0.717, 1.165) is 34.7 Å². The van der Waals surface area contributed by atoms with Gasteiger partial charge in [-0.2, -0.15) is 0 Å². The molecule has 1 saturated carbocycles. The van der Waals surface area contributed by atoms with E-state index in [1.54, 1.807) is 18.4 Å². The van der Waals surface area contributed by atoms with E-state index in [9.17, 15) is 0 Å². The highest BCUT2D eigenvalue weighted by atomic mass is 32.1. The van der Waals surface area contributed by atoms with E-state index < -0.39 is 0 Å². The third-order valence-electron chi connectivity index (χ3n) is 4.27. The molecule has 0 spiro atoms. The maximum Gasteiger partial charge on any atom is 0.164 e. The van der Waals surface area contributed by atoms with Crippen LogP contribution >= 0.6 is 11.3 Å². The molecule has 0 radical (unpaired) electrons. The predicted octanol–water partition coefficient (Wildman–Crippen LogP) is 3.93. The lowest BCUT2D eigenvalue weighted by atomic mass is 9.93. The Morgan fingerprint density at radius 2 is 1.95 bits per heavy atom. The first-order chi connectivity index (χ1) is 9.79. The van der Waals surface area contributed by atoms with Crippen molar-refractivity contribution in [3.05, 3.63) is 17.3 Å². The molecule has 0 atom stereocenters. The number of aromatic nitrogens is 2. The number of hydrogen-bond donors (Lipinski definition) is 1. The second-order valence-corrected chi connectivity index (χ2v) is 6.29. The number of methoxy groups -OCH3 is 1. The first kappa shape index (κ1) is 13.8. The van der Waals surface area contributed by atoms with Crippen molar-refractivity contribution in [3.8, 4) is 0 Å². The molecule has 0 aliphatic heterocycles. The molecule has 20 heavy (non-hydrogen) atoms. The number of fused-ring (bicyclic) bond motifs is 1. The summed E-state index contributed by atoms with van der Waals surface area (Å²) in [6.07, 6.45) is 6.98. The molecule has 1 aliphatic rings. The lowest BCUT2D eigenvalue weighted by molar-refractivity contribution is -0.0347.